The van der Waals surface area contributed by atoms with Crippen LogP contribution in [0.25, 0.3) is 0 Å². The van der Waals surface area contributed by atoms with Gasteiger partial charge in [-0.15, -0.1) is 0 Å². The summed E-state index contributed by atoms with van der Waals surface area (Å²) in [7, 11) is 0. The Morgan fingerprint density at radius 2 is 1.71 bits per heavy atom. The lowest BCUT2D eigenvalue weighted by molar-refractivity contribution is 0.270. The smallest absolute Gasteiger partial charge is 0.0322 e. The van der Waals surface area contributed by atoms with Crippen molar-refractivity contribution in [3.8, 4) is 0 Å². The number of hydrogen-bond acceptors (Lipinski definition) is 1. The van der Waals surface area contributed by atoms with E-state index in [4.69, 9.17) is 0 Å². The molecule has 0 heterocycles. The summed E-state index contributed by atoms with van der Waals surface area (Å²) in [6.07, 6.45) is 8.36. The molecule has 0 saturated heterocycles. The van der Waals surface area contributed by atoms with E-state index in [0.29, 0.717) is 6.04 Å². The molecule has 1 unspecified atom stereocenters. The molecule has 21 heavy (non-hydrogen) atoms. The topological polar surface area (TPSA) is 12.0 Å². The highest BCUT2D eigenvalue weighted by atomic mass is 14.9. The zero-order valence-electron chi connectivity index (χ0n) is 14.1. The van der Waals surface area contributed by atoms with Crippen LogP contribution >= 0.6 is 0 Å². The highest BCUT2D eigenvalue weighted by Crippen LogP contribution is 2.30. The number of nitrogens with one attached hydrogen (secondary N) is 1. The fourth-order valence-electron chi connectivity index (χ4n) is 3.57. The molecule has 1 nitrogen and oxygen atoms in total. The van der Waals surface area contributed by atoms with Crippen LogP contribution in [0.3, 0.4) is 0 Å². The van der Waals surface area contributed by atoms with E-state index < -0.39 is 0 Å². The first-order chi connectivity index (χ1) is 10.1. The molecule has 1 aliphatic carbocycles. The van der Waals surface area contributed by atoms with Crippen LogP contribution in [-0.4, -0.2) is 6.54 Å². The monoisotopic (exact) mass is 287 g/mol. The van der Waals surface area contributed by atoms with Crippen molar-refractivity contribution in [2.45, 2.75) is 65.3 Å². The first-order valence-corrected chi connectivity index (χ1v) is 8.93. The first kappa shape index (κ1) is 16.5. The second-order valence-electron chi connectivity index (χ2n) is 7.46. The van der Waals surface area contributed by atoms with E-state index >= 15 is 0 Å². The van der Waals surface area contributed by atoms with Gasteiger partial charge in [-0.3, -0.25) is 0 Å². The molecule has 0 radical (unpaired) electrons. The minimum absolute atomic E-state index is 0.522. The average Bonchev–Trinajstić information content (AvgIpc) is 2.49. The molecule has 1 aromatic carbocycles. The molecule has 1 saturated carbocycles. The Morgan fingerprint density at radius 1 is 1.05 bits per heavy atom. The summed E-state index contributed by atoms with van der Waals surface area (Å²) in [4.78, 5) is 0. The van der Waals surface area contributed by atoms with Crippen molar-refractivity contribution in [3.05, 3.63) is 35.9 Å². The van der Waals surface area contributed by atoms with Crippen LogP contribution in [0.1, 0.15) is 70.9 Å². The normalized spacial score (nSPS) is 24.2. The lowest BCUT2D eigenvalue weighted by atomic mass is 9.81. The van der Waals surface area contributed by atoms with Gasteiger partial charge in [0.05, 0.1) is 0 Å². The lowest BCUT2D eigenvalue weighted by Gasteiger charge is -2.27. The molecule has 1 fully saturated rings. The molecule has 2 rings (SSSR count). The van der Waals surface area contributed by atoms with Crippen LogP contribution in [0.4, 0.5) is 0 Å². The maximum Gasteiger partial charge on any atom is 0.0322 e. The van der Waals surface area contributed by atoms with Crippen molar-refractivity contribution in [3.63, 3.8) is 0 Å². The van der Waals surface area contributed by atoms with Gasteiger partial charge < -0.3 is 5.32 Å². The maximum absolute atomic E-state index is 3.83. The van der Waals surface area contributed by atoms with Crippen LogP contribution in [0.2, 0.25) is 0 Å². The van der Waals surface area contributed by atoms with Crippen molar-refractivity contribution in [1.29, 1.82) is 0 Å². The second kappa shape index (κ2) is 8.58. The van der Waals surface area contributed by atoms with E-state index in [-0.39, 0.29) is 0 Å². The van der Waals surface area contributed by atoms with Crippen molar-refractivity contribution < 1.29 is 0 Å². The second-order valence-corrected chi connectivity index (χ2v) is 7.46. The summed E-state index contributed by atoms with van der Waals surface area (Å²) in [6, 6.07) is 11.5. The number of hydrogen-bond donors (Lipinski definition) is 1. The molecular formula is C20H33N. The van der Waals surface area contributed by atoms with E-state index in [1.807, 2.05) is 0 Å². The molecule has 1 heteroatoms. The molecule has 0 spiro atoms. The summed E-state index contributed by atoms with van der Waals surface area (Å²) in [6.45, 7) is 8.22. The summed E-state index contributed by atoms with van der Waals surface area (Å²) in [5.41, 5.74) is 1.45. The molecule has 1 aromatic rings. The van der Waals surface area contributed by atoms with E-state index in [2.05, 4.69) is 56.4 Å². The zero-order chi connectivity index (χ0) is 15.1. The largest absolute Gasteiger partial charge is 0.310 e. The third-order valence-corrected chi connectivity index (χ3v) is 4.99. The fourth-order valence-corrected chi connectivity index (χ4v) is 3.57. The van der Waals surface area contributed by atoms with Crippen molar-refractivity contribution in [1.82, 2.24) is 5.32 Å². The molecule has 0 bridgehead atoms. The third-order valence-electron chi connectivity index (χ3n) is 4.99. The Hall–Kier alpha value is -0.820. The van der Waals surface area contributed by atoms with Gasteiger partial charge in [-0.05, 0) is 42.7 Å². The summed E-state index contributed by atoms with van der Waals surface area (Å²) >= 11 is 0. The molecule has 118 valence electrons. The molecular weight excluding hydrogens is 254 g/mol. The van der Waals surface area contributed by atoms with E-state index in [0.717, 1.165) is 17.8 Å². The predicted molar refractivity (Wildman–Crippen MR) is 92.4 cm³/mol. The van der Waals surface area contributed by atoms with Crippen LogP contribution in [0.15, 0.2) is 30.3 Å². The molecule has 0 aliphatic heterocycles. The van der Waals surface area contributed by atoms with Gasteiger partial charge in [-0.1, -0.05) is 76.8 Å². The van der Waals surface area contributed by atoms with Crippen molar-refractivity contribution in [2.75, 3.05) is 6.54 Å². The van der Waals surface area contributed by atoms with Gasteiger partial charge in [0, 0.05) is 6.04 Å². The predicted octanol–water partition coefficient (Wildman–Crippen LogP) is 5.58. The zero-order valence-corrected chi connectivity index (χ0v) is 14.1. The average molecular weight is 287 g/mol. The minimum Gasteiger partial charge on any atom is -0.310 e. The Morgan fingerprint density at radius 3 is 2.33 bits per heavy atom. The summed E-state index contributed by atoms with van der Waals surface area (Å²) in [5.74, 6) is 2.66. The lowest BCUT2D eigenvalue weighted by Crippen LogP contribution is -2.26. The van der Waals surface area contributed by atoms with Crippen LogP contribution < -0.4 is 5.32 Å². The van der Waals surface area contributed by atoms with Gasteiger partial charge in [-0.25, -0.2) is 0 Å². The molecule has 0 amide bonds. The number of benzene rings is 1. The highest BCUT2D eigenvalue weighted by Gasteiger charge is 2.18. The molecule has 1 atom stereocenters. The van der Waals surface area contributed by atoms with Gasteiger partial charge in [0.15, 0.2) is 0 Å². The Bertz CT molecular complexity index is 376. The van der Waals surface area contributed by atoms with Crippen LogP contribution in [-0.2, 0) is 0 Å². The fraction of sp³-hybridized carbons (Fsp3) is 0.700. The summed E-state index contributed by atoms with van der Waals surface area (Å²) < 4.78 is 0. The standard InChI is InChI=1S/C20H33N/c1-16(2)15-20(19-7-5-4-6-8-19)21-14-13-18-11-9-17(3)10-12-18/h4-8,16-18,20-21H,9-15H2,1-3H3. The Kier molecular flexibility index (Phi) is 6.76. The molecule has 1 aliphatic rings. The van der Waals surface area contributed by atoms with Gasteiger partial charge in [0.2, 0.25) is 0 Å². The summed E-state index contributed by atoms with van der Waals surface area (Å²) in [5, 5.41) is 3.83. The quantitative estimate of drug-likeness (QED) is 0.690. The van der Waals surface area contributed by atoms with Gasteiger partial charge >= 0.3 is 0 Å². The van der Waals surface area contributed by atoms with Crippen molar-refractivity contribution >= 4 is 0 Å². The van der Waals surface area contributed by atoms with Gasteiger partial charge in [-0.2, -0.15) is 0 Å². The SMILES string of the molecule is CC(C)CC(NCCC1CCC(C)CC1)c1ccccc1. The Labute approximate surface area is 131 Å². The number of rotatable bonds is 7. The van der Waals surface area contributed by atoms with E-state index in [1.54, 1.807) is 0 Å². The van der Waals surface area contributed by atoms with Gasteiger partial charge in [0.25, 0.3) is 0 Å². The van der Waals surface area contributed by atoms with Crippen molar-refractivity contribution in [2.24, 2.45) is 17.8 Å². The first-order valence-electron chi connectivity index (χ1n) is 8.93. The molecule has 1 N–H and O–H groups in total. The Balaban J connectivity index is 1.79. The maximum atomic E-state index is 3.83. The molecule has 0 aromatic heterocycles. The third kappa shape index (κ3) is 5.82. The highest BCUT2D eigenvalue weighted by molar-refractivity contribution is 5.18. The van der Waals surface area contributed by atoms with Crippen LogP contribution in [0, 0.1) is 17.8 Å². The van der Waals surface area contributed by atoms with E-state index in [9.17, 15) is 0 Å². The van der Waals surface area contributed by atoms with Crippen LogP contribution in [0.5, 0.6) is 0 Å². The van der Waals surface area contributed by atoms with Gasteiger partial charge in [0.1, 0.15) is 0 Å². The van der Waals surface area contributed by atoms with E-state index in [1.165, 1.54) is 50.6 Å². The minimum atomic E-state index is 0.522.